The molecule has 6 nitrogen and oxygen atoms in total. The molecule has 0 spiro atoms. The molecule has 0 unspecified atom stereocenters. The fraction of sp³-hybridized carbons (Fsp3) is 0.231. The number of thiazole rings is 1. The Bertz CT molecular complexity index is 722. The van der Waals surface area contributed by atoms with Crippen LogP contribution < -0.4 is 4.74 Å². The fourth-order valence-corrected chi connectivity index (χ4v) is 3.27. The molecule has 0 amide bonds. The lowest BCUT2D eigenvalue weighted by atomic mass is 10.3. The summed E-state index contributed by atoms with van der Waals surface area (Å²) in [7, 11) is 1.64. The van der Waals surface area contributed by atoms with E-state index in [0.717, 1.165) is 33.0 Å². The number of methoxy groups -OCH3 is 1. The Labute approximate surface area is 130 Å². The summed E-state index contributed by atoms with van der Waals surface area (Å²) >= 11 is 3.21. The molecule has 108 valence electrons. The summed E-state index contributed by atoms with van der Waals surface area (Å²) in [5.74, 6) is 1.56. The Balaban J connectivity index is 1.76. The van der Waals surface area contributed by atoms with Crippen LogP contribution in [0.25, 0.3) is 5.69 Å². The minimum atomic E-state index is 0.741. The summed E-state index contributed by atoms with van der Waals surface area (Å²) in [6.45, 7) is 2.00. The lowest BCUT2D eigenvalue weighted by Crippen LogP contribution is -1.99. The second-order valence-electron chi connectivity index (χ2n) is 4.22. The predicted octanol–water partition coefficient (Wildman–Crippen LogP) is 2.73. The minimum absolute atomic E-state index is 0.741. The summed E-state index contributed by atoms with van der Waals surface area (Å²) in [4.78, 5) is 4.44. The van der Waals surface area contributed by atoms with Gasteiger partial charge in [0.1, 0.15) is 5.75 Å². The summed E-state index contributed by atoms with van der Waals surface area (Å²) in [5.41, 5.74) is 1.95. The molecule has 0 atom stereocenters. The van der Waals surface area contributed by atoms with E-state index >= 15 is 0 Å². The molecule has 2 heterocycles. The zero-order valence-corrected chi connectivity index (χ0v) is 13.2. The van der Waals surface area contributed by atoms with Crippen molar-refractivity contribution in [3.8, 4) is 11.4 Å². The van der Waals surface area contributed by atoms with Crippen LogP contribution in [0.15, 0.2) is 34.8 Å². The van der Waals surface area contributed by atoms with Gasteiger partial charge in [0.15, 0.2) is 0 Å². The van der Waals surface area contributed by atoms with Crippen molar-refractivity contribution >= 4 is 23.1 Å². The molecule has 0 bridgehead atoms. The van der Waals surface area contributed by atoms with E-state index in [-0.39, 0.29) is 0 Å². The number of thioether (sulfide) groups is 1. The van der Waals surface area contributed by atoms with Gasteiger partial charge in [-0.05, 0) is 41.6 Å². The van der Waals surface area contributed by atoms with Gasteiger partial charge in [0.25, 0.3) is 0 Å². The van der Waals surface area contributed by atoms with Gasteiger partial charge in [-0.2, -0.15) is 4.68 Å². The van der Waals surface area contributed by atoms with Crippen molar-refractivity contribution in [2.75, 3.05) is 7.11 Å². The molecule has 8 heteroatoms. The smallest absolute Gasteiger partial charge is 0.214 e. The number of rotatable bonds is 5. The second-order valence-corrected chi connectivity index (χ2v) is 6.22. The predicted molar refractivity (Wildman–Crippen MR) is 82.1 cm³/mol. The van der Waals surface area contributed by atoms with E-state index in [0.29, 0.717) is 0 Å². The van der Waals surface area contributed by atoms with E-state index in [1.165, 1.54) is 0 Å². The zero-order chi connectivity index (χ0) is 14.7. The number of hydrogen-bond acceptors (Lipinski definition) is 7. The van der Waals surface area contributed by atoms with Gasteiger partial charge in [-0.3, -0.25) is 0 Å². The SMILES string of the molecule is COc1ccc(-n2nnnc2SCc2csc(C)n2)cc1. The highest BCUT2D eigenvalue weighted by Gasteiger charge is 2.10. The first-order chi connectivity index (χ1) is 10.3. The zero-order valence-electron chi connectivity index (χ0n) is 11.6. The highest BCUT2D eigenvalue weighted by molar-refractivity contribution is 7.98. The van der Waals surface area contributed by atoms with Gasteiger partial charge in [-0.1, -0.05) is 11.8 Å². The number of ether oxygens (including phenoxy) is 1. The van der Waals surface area contributed by atoms with Crippen LogP contribution in [0.5, 0.6) is 5.75 Å². The number of aryl methyl sites for hydroxylation is 1. The molecule has 0 aliphatic heterocycles. The standard InChI is InChI=1S/C13H13N5OS2/c1-9-14-10(7-20-9)8-21-13-15-16-17-18(13)11-3-5-12(19-2)6-4-11/h3-7H,8H2,1-2H3. The van der Waals surface area contributed by atoms with Crippen molar-refractivity contribution in [1.82, 2.24) is 25.2 Å². The maximum Gasteiger partial charge on any atom is 0.214 e. The molecule has 0 aliphatic rings. The molecule has 0 aliphatic carbocycles. The Morgan fingerprint density at radius 2 is 2.10 bits per heavy atom. The number of tetrazole rings is 1. The summed E-state index contributed by atoms with van der Waals surface area (Å²) < 4.78 is 6.86. The molecule has 3 rings (SSSR count). The molecule has 3 aromatic rings. The third-order valence-corrected chi connectivity index (χ3v) is 4.55. The van der Waals surface area contributed by atoms with Gasteiger partial charge in [-0.15, -0.1) is 16.4 Å². The number of hydrogen-bond donors (Lipinski definition) is 0. The second kappa shape index (κ2) is 6.23. The fourth-order valence-electron chi connectivity index (χ4n) is 1.77. The average Bonchev–Trinajstić information content (AvgIpc) is 3.14. The summed E-state index contributed by atoms with van der Waals surface area (Å²) in [5, 5.41) is 15.7. The molecule has 21 heavy (non-hydrogen) atoms. The Morgan fingerprint density at radius 3 is 2.76 bits per heavy atom. The third kappa shape index (κ3) is 3.22. The molecule has 1 aromatic carbocycles. The van der Waals surface area contributed by atoms with Crippen molar-refractivity contribution in [1.29, 1.82) is 0 Å². The molecule has 2 aromatic heterocycles. The monoisotopic (exact) mass is 319 g/mol. The number of aromatic nitrogens is 5. The van der Waals surface area contributed by atoms with E-state index in [2.05, 4.69) is 25.9 Å². The molecular weight excluding hydrogens is 306 g/mol. The van der Waals surface area contributed by atoms with Crippen LogP contribution in [0, 0.1) is 6.92 Å². The maximum atomic E-state index is 5.15. The van der Waals surface area contributed by atoms with Crippen molar-refractivity contribution in [2.24, 2.45) is 0 Å². The van der Waals surface area contributed by atoms with Crippen LogP contribution >= 0.6 is 23.1 Å². The van der Waals surface area contributed by atoms with Gasteiger partial charge in [0.2, 0.25) is 5.16 Å². The first-order valence-corrected chi connectivity index (χ1v) is 8.09. The van der Waals surface area contributed by atoms with E-state index in [9.17, 15) is 0 Å². The van der Waals surface area contributed by atoms with Crippen molar-refractivity contribution < 1.29 is 4.74 Å². The van der Waals surface area contributed by atoms with Gasteiger partial charge in [-0.25, -0.2) is 4.98 Å². The Hall–Kier alpha value is -1.93. The third-order valence-electron chi connectivity index (χ3n) is 2.77. The van der Waals surface area contributed by atoms with Gasteiger partial charge < -0.3 is 4.74 Å². The Morgan fingerprint density at radius 1 is 1.29 bits per heavy atom. The molecule has 0 radical (unpaired) electrons. The summed E-state index contributed by atoms with van der Waals surface area (Å²) in [6, 6.07) is 7.61. The molecule has 0 saturated carbocycles. The lowest BCUT2D eigenvalue weighted by Gasteiger charge is -2.04. The van der Waals surface area contributed by atoms with E-state index < -0.39 is 0 Å². The molecular formula is C13H13N5OS2. The number of benzene rings is 1. The van der Waals surface area contributed by atoms with Crippen LogP contribution in [-0.2, 0) is 5.75 Å². The average molecular weight is 319 g/mol. The van der Waals surface area contributed by atoms with Crippen LogP contribution in [0.4, 0.5) is 0 Å². The van der Waals surface area contributed by atoms with Gasteiger partial charge >= 0.3 is 0 Å². The van der Waals surface area contributed by atoms with E-state index in [1.807, 2.05) is 31.2 Å². The van der Waals surface area contributed by atoms with Crippen molar-refractivity contribution in [2.45, 2.75) is 17.8 Å². The first kappa shape index (κ1) is 14.0. The molecule has 0 saturated heterocycles. The minimum Gasteiger partial charge on any atom is -0.497 e. The van der Waals surface area contributed by atoms with Gasteiger partial charge in [0.05, 0.1) is 23.5 Å². The highest BCUT2D eigenvalue weighted by Crippen LogP contribution is 2.24. The highest BCUT2D eigenvalue weighted by atomic mass is 32.2. The lowest BCUT2D eigenvalue weighted by molar-refractivity contribution is 0.414. The molecule has 0 fully saturated rings. The van der Waals surface area contributed by atoms with Crippen molar-refractivity contribution in [3.05, 3.63) is 40.3 Å². The normalized spacial score (nSPS) is 10.8. The maximum absolute atomic E-state index is 5.15. The largest absolute Gasteiger partial charge is 0.497 e. The quantitative estimate of drug-likeness (QED) is 0.674. The number of nitrogens with zero attached hydrogens (tertiary/aromatic N) is 5. The summed E-state index contributed by atoms with van der Waals surface area (Å²) in [6.07, 6.45) is 0. The van der Waals surface area contributed by atoms with Crippen LogP contribution in [-0.4, -0.2) is 32.3 Å². The topological polar surface area (TPSA) is 65.7 Å². The van der Waals surface area contributed by atoms with Crippen LogP contribution in [0.1, 0.15) is 10.7 Å². The Kier molecular flexibility index (Phi) is 4.16. The first-order valence-electron chi connectivity index (χ1n) is 6.23. The molecule has 0 N–H and O–H groups in total. The van der Waals surface area contributed by atoms with Gasteiger partial charge in [0, 0.05) is 11.1 Å². The van der Waals surface area contributed by atoms with Crippen molar-refractivity contribution in [3.63, 3.8) is 0 Å². The van der Waals surface area contributed by atoms with Crippen LogP contribution in [0.2, 0.25) is 0 Å². The van der Waals surface area contributed by atoms with E-state index in [4.69, 9.17) is 4.74 Å². The van der Waals surface area contributed by atoms with Crippen LogP contribution in [0.3, 0.4) is 0 Å². The van der Waals surface area contributed by atoms with E-state index in [1.54, 1.807) is 34.9 Å².